The van der Waals surface area contributed by atoms with Crippen LogP contribution in [-0.2, 0) is 9.59 Å². The Balaban J connectivity index is 1.83. The minimum absolute atomic E-state index is 0.0333. The Morgan fingerprint density at radius 3 is 2.48 bits per heavy atom. The number of nitrogens with zero attached hydrogens (tertiary/aromatic N) is 2. The molecule has 0 aliphatic carbocycles. The highest BCUT2D eigenvalue weighted by Crippen LogP contribution is 2.39. The summed E-state index contributed by atoms with van der Waals surface area (Å²) in [5, 5.41) is 1.93. The molecule has 1 aromatic heterocycles. The second-order valence-electron chi connectivity index (χ2n) is 7.07. The van der Waals surface area contributed by atoms with Crippen LogP contribution < -0.4 is 14.5 Å². The number of thiophene rings is 1. The third-order valence-corrected chi connectivity index (χ3v) is 6.05. The molecular formula is C23H22N2O3S. The summed E-state index contributed by atoms with van der Waals surface area (Å²) in [6, 6.07) is 16.3. The molecule has 0 bridgehead atoms. The summed E-state index contributed by atoms with van der Waals surface area (Å²) in [5.74, 6) is 0.302. The molecule has 0 saturated carbocycles. The largest absolute Gasteiger partial charge is 0.495 e. The van der Waals surface area contributed by atoms with Gasteiger partial charge in [0.15, 0.2) is 6.04 Å². The Bertz CT molecular complexity index is 1060. The van der Waals surface area contributed by atoms with Gasteiger partial charge in [0, 0.05) is 10.6 Å². The summed E-state index contributed by atoms with van der Waals surface area (Å²) < 4.78 is 5.44. The first-order valence-electron chi connectivity index (χ1n) is 9.38. The van der Waals surface area contributed by atoms with Crippen LogP contribution in [-0.4, -0.2) is 25.5 Å². The van der Waals surface area contributed by atoms with Crippen molar-refractivity contribution in [3.8, 4) is 5.75 Å². The van der Waals surface area contributed by atoms with Gasteiger partial charge in [-0.3, -0.25) is 19.4 Å². The molecular weight excluding hydrogens is 384 g/mol. The Morgan fingerprint density at radius 2 is 1.79 bits per heavy atom. The molecule has 3 aromatic rings. The van der Waals surface area contributed by atoms with E-state index in [0.29, 0.717) is 11.4 Å². The SMILES string of the molecule is COc1ccccc1N1CC(=O)N(c2ccc(C)cc2C)[C@H](c2cccs2)C1=O. The second-order valence-corrected chi connectivity index (χ2v) is 8.05. The van der Waals surface area contributed by atoms with Gasteiger partial charge >= 0.3 is 0 Å². The molecule has 4 rings (SSSR count). The molecule has 2 heterocycles. The standard InChI is InChI=1S/C23H22N2O3S/c1-15-10-11-17(16(2)13-15)25-21(26)14-24(18-7-4-5-8-19(18)28-3)23(27)22(25)20-9-6-12-29-20/h4-13,22H,14H2,1-3H3/t22-/m1/s1. The van der Waals surface area contributed by atoms with Crippen LogP contribution in [0.15, 0.2) is 60.0 Å². The molecule has 5 nitrogen and oxygen atoms in total. The number of carbonyl (C=O) groups excluding carboxylic acids is 2. The summed E-state index contributed by atoms with van der Waals surface area (Å²) in [6.07, 6.45) is 0. The molecule has 1 atom stereocenters. The van der Waals surface area contributed by atoms with E-state index in [1.807, 2.05) is 67.8 Å². The summed E-state index contributed by atoms with van der Waals surface area (Å²) in [4.78, 5) is 31.1. The molecule has 0 unspecified atom stereocenters. The van der Waals surface area contributed by atoms with Crippen molar-refractivity contribution in [1.29, 1.82) is 0 Å². The van der Waals surface area contributed by atoms with E-state index in [9.17, 15) is 9.59 Å². The van der Waals surface area contributed by atoms with Crippen molar-refractivity contribution < 1.29 is 14.3 Å². The van der Waals surface area contributed by atoms with Crippen LogP contribution in [0.1, 0.15) is 22.0 Å². The molecule has 1 fully saturated rings. The number of anilines is 2. The highest BCUT2D eigenvalue weighted by Gasteiger charge is 2.43. The smallest absolute Gasteiger partial charge is 0.256 e. The lowest BCUT2D eigenvalue weighted by Gasteiger charge is -2.40. The van der Waals surface area contributed by atoms with Crippen LogP contribution >= 0.6 is 11.3 Å². The van der Waals surface area contributed by atoms with Gasteiger partial charge in [-0.05, 0) is 49.1 Å². The Hall–Kier alpha value is -3.12. The van der Waals surface area contributed by atoms with Crippen molar-refractivity contribution in [3.63, 3.8) is 0 Å². The fourth-order valence-corrected chi connectivity index (χ4v) is 4.60. The van der Waals surface area contributed by atoms with E-state index >= 15 is 0 Å². The predicted molar refractivity (Wildman–Crippen MR) is 116 cm³/mol. The minimum Gasteiger partial charge on any atom is -0.495 e. The van der Waals surface area contributed by atoms with Crippen LogP contribution in [0.2, 0.25) is 0 Å². The monoisotopic (exact) mass is 406 g/mol. The second kappa shape index (κ2) is 7.72. The fourth-order valence-electron chi connectivity index (χ4n) is 3.79. The molecule has 1 aliphatic heterocycles. The number of carbonyl (C=O) groups is 2. The maximum Gasteiger partial charge on any atom is 0.256 e. The van der Waals surface area contributed by atoms with E-state index < -0.39 is 6.04 Å². The summed E-state index contributed by atoms with van der Waals surface area (Å²) in [7, 11) is 1.56. The minimum atomic E-state index is -0.706. The fraction of sp³-hybridized carbons (Fsp3) is 0.217. The number of amides is 2. The van der Waals surface area contributed by atoms with Gasteiger partial charge in [0.1, 0.15) is 12.3 Å². The number of aryl methyl sites for hydroxylation is 2. The van der Waals surface area contributed by atoms with E-state index in [0.717, 1.165) is 21.7 Å². The van der Waals surface area contributed by atoms with Gasteiger partial charge in [-0.25, -0.2) is 0 Å². The Labute approximate surface area is 174 Å². The number of rotatable bonds is 4. The van der Waals surface area contributed by atoms with Gasteiger partial charge in [-0.2, -0.15) is 0 Å². The van der Waals surface area contributed by atoms with E-state index in [1.165, 1.54) is 16.2 Å². The molecule has 0 N–H and O–H groups in total. The zero-order valence-corrected chi connectivity index (χ0v) is 17.4. The number of piperazine rings is 1. The Morgan fingerprint density at radius 1 is 1.00 bits per heavy atom. The van der Waals surface area contributed by atoms with Crippen LogP contribution in [0.25, 0.3) is 0 Å². The quantitative estimate of drug-likeness (QED) is 0.641. The zero-order valence-electron chi connectivity index (χ0n) is 16.6. The molecule has 0 spiro atoms. The molecule has 2 amide bonds. The van der Waals surface area contributed by atoms with Crippen molar-refractivity contribution in [2.75, 3.05) is 23.5 Å². The normalized spacial score (nSPS) is 17.0. The van der Waals surface area contributed by atoms with Crippen molar-refractivity contribution in [2.45, 2.75) is 19.9 Å². The topological polar surface area (TPSA) is 49.9 Å². The van der Waals surface area contributed by atoms with Gasteiger partial charge < -0.3 is 4.74 Å². The average Bonchev–Trinajstić information content (AvgIpc) is 3.24. The molecule has 1 aliphatic rings. The number of hydrogen-bond acceptors (Lipinski definition) is 4. The summed E-state index contributed by atoms with van der Waals surface area (Å²) in [6.45, 7) is 3.95. The summed E-state index contributed by atoms with van der Waals surface area (Å²) in [5.41, 5.74) is 3.46. The van der Waals surface area contributed by atoms with Crippen molar-refractivity contribution in [3.05, 3.63) is 76.0 Å². The van der Waals surface area contributed by atoms with Gasteiger partial charge in [0.2, 0.25) is 5.91 Å². The molecule has 148 valence electrons. The lowest BCUT2D eigenvalue weighted by Crippen LogP contribution is -2.56. The lowest BCUT2D eigenvalue weighted by atomic mass is 10.0. The third kappa shape index (κ3) is 3.40. The van der Waals surface area contributed by atoms with E-state index in [4.69, 9.17) is 4.74 Å². The number of hydrogen-bond donors (Lipinski definition) is 0. The molecule has 29 heavy (non-hydrogen) atoms. The number of benzene rings is 2. The van der Waals surface area contributed by atoms with Crippen molar-refractivity contribution in [2.24, 2.45) is 0 Å². The van der Waals surface area contributed by atoms with Gasteiger partial charge in [-0.1, -0.05) is 35.9 Å². The molecule has 0 radical (unpaired) electrons. The van der Waals surface area contributed by atoms with Crippen molar-refractivity contribution >= 4 is 34.5 Å². The van der Waals surface area contributed by atoms with Gasteiger partial charge in [0.25, 0.3) is 5.91 Å². The molecule has 2 aromatic carbocycles. The lowest BCUT2D eigenvalue weighted by molar-refractivity contribution is -0.128. The van der Waals surface area contributed by atoms with E-state index in [-0.39, 0.29) is 18.4 Å². The average molecular weight is 407 g/mol. The van der Waals surface area contributed by atoms with Crippen LogP contribution in [0.4, 0.5) is 11.4 Å². The summed E-state index contributed by atoms with van der Waals surface area (Å²) >= 11 is 1.48. The first-order chi connectivity index (χ1) is 14.0. The van der Waals surface area contributed by atoms with E-state index in [2.05, 4.69) is 0 Å². The van der Waals surface area contributed by atoms with Crippen LogP contribution in [0.3, 0.4) is 0 Å². The van der Waals surface area contributed by atoms with Gasteiger partial charge in [0.05, 0.1) is 12.8 Å². The highest BCUT2D eigenvalue weighted by atomic mass is 32.1. The number of methoxy groups -OCH3 is 1. The van der Waals surface area contributed by atoms with Gasteiger partial charge in [-0.15, -0.1) is 11.3 Å². The number of para-hydroxylation sites is 2. The third-order valence-electron chi connectivity index (χ3n) is 5.12. The predicted octanol–water partition coefficient (Wildman–Crippen LogP) is 4.49. The maximum atomic E-state index is 13.7. The first kappa shape index (κ1) is 19.2. The molecule has 6 heteroatoms. The number of ether oxygens (including phenoxy) is 1. The first-order valence-corrected chi connectivity index (χ1v) is 10.3. The van der Waals surface area contributed by atoms with Crippen LogP contribution in [0.5, 0.6) is 5.75 Å². The van der Waals surface area contributed by atoms with E-state index in [1.54, 1.807) is 18.1 Å². The highest BCUT2D eigenvalue weighted by molar-refractivity contribution is 7.10. The maximum absolute atomic E-state index is 13.7. The van der Waals surface area contributed by atoms with Crippen LogP contribution in [0, 0.1) is 13.8 Å². The zero-order chi connectivity index (χ0) is 20.5. The van der Waals surface area contributed by atoms with Crippen molar-refractivity contribution in [1.82, 2.24) is 0 Å². The molecule has 1 saturated heterocycles. The Kier molecular flexibility index (Phi) is 5.11.